The zero-order valence-electron chi connectivity index (χ0n) is 11.4. The van der Waals surface area contributed by atoms with Gasteiger partial charge in [-0.05, 0) is 6.42 Å². The number of rotatable bonds is 6. The average molecular weight is 298 g/mol. The van der Waals surface area contributed by atoms with Gasteiger partial charge in [0.1, 0.15) is 4.90 Å². The largest absolute Gasteiger partial charge is 0.381 e. The summed E-state index contributed by atoms with van der Waals surface area (Å²) in [4.78, 5) is 0.0388. The second kappa shape index (κ2) is 5.63. The first kappa shape index (κ1) is 14.5. The Kier molecular flexibility index (Phi) is 4.09. The maximum absolute atomic E-state index is 12.5. The highest BCUT2D eigenvalue weighted by Gasteiger charge is 2.26. The number of nitrogen functional groups attached to an aromatic ring is 1. The summed E-state index contributed by atoms with van der Waals surface area (Å²) in [6.45, 7) is 2.83. The predicted octanol–water partition coefficient (Wildman–Crippen LogP) is 0.419. The lowest BCUT2D eigenvalue weighted by molar-refractivity contribution is 0.467. The van der Waals surface area contributed by atoms with E-state index in [9.17, 15) is 8.42 Å². The molecule has 110 valence electrons. The highest BCUT2D eigenvalue weighted by atomic mass is 32.2. The van der Waals surface area contributed by atoms with Crippen LogP contribution >= 0.6 is 0 Å². The first-order valence-corrected chi connectivity index (χ1v) is 7.66. The number of nitrogens with one attached hydrogen (secondary N) is 1. The number of hydrogen-bond acceptors (Lipinski definition) is 5. The van der Waals surface area contributed by atoms with Crippen molar-refractivity contribution in [2.75, 3.05) is 12.8 Å². The fourth-order valence-corrected chi connectivity index (χ4v) is 3.05. The molecule has 2 heterocycles. The van der Waals surface area contributed by atoms with Crippen LogP contribution in [0.1, 0.15) is 18.9 Å². The second-order valence-electron chi connectivity index (χ2n) is 4.51. The van der Waals surface area contributed by atoms with Crippen molar-refractivity contribution in [2.45, 2.75) is 31.3 Å². The molecule has 8 nitrogen and oxygen atoms in total. The topological polar surface area (TPSA) is 110 Å². The van der Waals surface area contributed by atoms with E-state index in [1.165, 1.54) is 17.5 Å². The van der Waals surface area contributed by atoms with Gasteiger partial charge in [0.2, 0.25) is 10.0 Å². The number of aromatic nitrogens is 4. The van der Waals surface area contributed by atoms with Crippen LogP contribution in [-0.2, 0) is 23.1 Å². The maximum Gasteiger partial charge on any atom is 0.248 e. The number of aromatic amines is 1. The van der Waals surface area contributed by atoms with E-state index in [-0.39, 0.29) is 17.3 Å². The number of nitrogens with zero attached hydrogens (tertiary/aromatic N) is 4. The van der Waals surface area contributed by atoms with Crippen LogP contribution in [0.3, 0.4) is 0 Å². The highest BCUT2D eigenvalue weighted by molar-refractivity contribution is 7.89. The van der Waals surface area contributed by atoms with Crippen LogP contribution in [0.25, 0.3) is 0 Å². The minimum Gasteiger partial charge on any atom is -0.381 e. The van der Waals surface area contributed by atoms with Gasteiger partial charge < -0.3 is 5.73 Å². The molecule has 20 heavy (non-hydrogen) atoms. The molecular formula is C11H18N6O2S. The maximum atomic E-state index is 12.5. The molecule has 0 saturated carbocycles. The van der Waals surface area contributed by atoms with E-state index in [0.29, 0.717) is 6.54 Å². The van der Waals surface area contributed by atoms with Crippen molar-refractivity contribution in [3.63, 3.8) is 0 Å². The Balaban J connectivity index is 2.25. The van der Waals surface area contributed by atoms with Crippen LogP contribution in [0.5, 0.6) is 0 Å². The van der Waals surface area contributed by atoms with Crippen molar-refractivity contribution in [3.8, 4) is 0 Å². The van der Waals surface area contributed by atoms with Gasteiger partial charge in [-0.2, -0.15) is 14.5 Å². The fourth-order valence-electron chi connectivity index (χ4n) is 1.83. The number of H-pyrrole nitrogens is 1. The van der Waals surface area contributed by atoms with Gasteiger partial charge in [-0.15, -0.1) is 0 Å². The average Bonchev–Trinajstić information content (AvgIpc) is 2.99. The lowest BCUT2D eigenvalue weighted by Gasteiger charge is -2.15. The van der Waals surface area contributed by atoms with E-state index < -0.39 is 10.0 Å². The highest BCUT2D eigenvalue weighted by Crippen LogP contribution is 2.21. The molecule has 0 fully saturated rings. The normalized spacial score (nSPS) is 12.2. The van der Waals surface area contributed by atoms with Crippen LogP contribution in [0.2, 0.25) is 0 Å². The molecule has 0 saturated heterocycles. The third-order valence-electron chi connectivity index (χ3n) is 2.86. The molecule has 9 heteroatoms. The Morgan fingerprint density at radius 1 is 1.50 bits per heavy atom. The number of nitrogens with two attached hydrogens (primary N) is 1. The minimum absolute atomic E-state index is 0.0255. The van der Waals surface area contributed by atoms with Crippen LogP contribution in [0, 0.1) is 0 Å². The summed E-state index contributed by atoms with van der Waals surface area (Å²) in [5, 5.41) is 10.5. The molecule has 0 aliphatic heterocycles. The zero-order valence-corrected chi connectivity index (χ0v) is 12.3. The molecule has 0 aliphatic carbocycles. The molecule has 3 N–H and O–H groups in total. The summed E-state index contributed by atoms with van der Waals surface area (Å²) in [6, 6.07) is 0. The number of aryl methyl sites for hydroxylation is 1. The van der Waals surface area contributed by atoms with Crippen molar-refractivity contribution >= 4 is 15.8 Å². The molecule has 2 aromatic heterocycles. The lowest BCUT2D eigenvalue weighted by atomic mass is 10.4. The molecule has 0 radical (unpaired) electrons. The molecule has 2 rings (SSSR count). The summed E-state index contributed by atoms with van der Waals surface area (Å²) in [6.07, 6.45) is 5.55. The van der Waals surface area contributed by atoms with Gasteiger partial charge in [-0.1, -0.05) is 6.92 Å². The fraction of sp³-hybridized carbons (Fsp3) is 0.455. The van der Waals surface area contributed by atoms with Crippen molar-refractivity contribution in [1.82, 2.24) is 24.3 Å². The second-order valence-corrected chi connectivity index (χ2v) is 6.52. The molecule has 0 amide bonds. The van der Waals surface area contributed by atoms with Gasteiger partial charge in [-0.3, -0.25) is 9.78 Å². The quantitative estimate of drug-likeness (QED) is 0.803. The van der Waals surface area contributed by atoms with Crippen LogP contribution in [0.4, 0.5) is 5.82 Å². The monoisotopic (exact) mass is 298 g/mol. The molecule has 2 aromatic rings. The smallest absolute Gasteiger partial charge is 0.248 e. The summed E-state index contributed by atoms with van der Waals surface area (Å²) in [5.41, 5.74) is 6.49. The summed E-state index contributed by atoms with van der Waals surface area (Å²) in [7, 11) is -2.16. The van der Waals surface area contributed by atoms with Gasteiger partial charge in [0.15, 0.2) is 5.82 Å². The van der Waals surface area contributed by atoms with E-state index in [1.807, 2.05) is 6.92 Å². The molecule has 0 unspecified atom stereocenters. The van der Waals surface area contributed by atoms with Gasteiger partial charge in [0.05, 0.1) is 6.20 Å². The van der Waals surface area contributed by atoms with E-state index >= 15 is 0 Å². The number of hydrogen-bond donors (Lipinski definition) is 2. The summed E-state index contributed by atoms with van der Waals surface area (Å²) < 4.78 is 27.7. The van der Waals surface area contributed by atoms with Gasteiger partial charge >= 0.3 is 0 Å². The zero-order chi connectivity index (χ0) is 14.8. The Labute approximate surface area is 117 Å². The molecule has 0 aliphatic rings. The van der Waals surface area contributed by atoms with Crippen molar-refractivity contribution in [3.05, 3.63) is 24.2 Å². The molecular weight excluding hydrogens is 280 g/mol. The van der Waals surface area contributed by atoms with Crippen molar-refractivity contribution < 1.29 is 8.42 Å². The van der Waals surface area contributed by atoms with Gasteiger partial charge in [-0.25, -0.2) is 8.42 Å². The predicted molar refractivity (Wildman–Crippen MR) is 74.2 cm³/mol. The minimum atomic E-state index is -3.66. The van der Waals surface area contributed by atoms with Gasteiger partial charge in [0, 0.05) is 38.1 Å². The Bertz CT molecular complexity index is 661. The van der Waals surface area contributed by atoms with E-state index in [4.69, 9.17) is 5.73 Å². The van der Waals surface area contributed by atoms with Crippen LogP contribution < -0.4 is 5.73 Å². The standard InChI is InChI=1S/C11H18N6O2S/c1-3-4-17-8-10(11(12)15-17)20(18,19)16(2)7-9-5-13-14-6-9/h5-6,8H,3-4,7H2,1-2H3,(H2,12,15)(H,13,14). The van der Waals surface area contributed by atoms with Crippen LogP contribution in [0.15, 0.2) is 23.5 Å². The third-order valence-corrected chi connectivity index (χ3v) is 4.68. The number of sulfonamides is 1. The summed E-state index contributed by atoms with van der Waals surface area (Å²) in [5.74, 6) is 0.0255. The van der Waals surface area contributed by atoms with E-state index in [2.05, 4.69) is 15.3 Å². The molecule has 0 bridgehead atoms. The van der Waals surface area contributed by atoms with Crippen molar-refractivity contribution in [1.29, 1.82) is 0 Å². The SMILES string of the molecule is CCCn1cc(S(=O)(=O)N(C)Cc2cn[nH]c2)c(N)n1. The Morgan fingerprint density at radius 3 is 2.85 bits per heavy atom. The van der Waals surface area contributed by atoms with Gasteiger partial charge in [0.25, 0.3) is 0 Å². The third kappa shape index (κ3) is 2.83. The first-order valence-electron chi connectivity index (χ1n) is 6.22. The summed E-state index contributed by atoms with van der Waals surface area (Å²) >= 11 is 0. The molecule has 0 atom stereocenters. The number of anilines is 1. The van der Waals surface area contributed by atoms with E-state index in [0.717, 1.165) is 12.0 Å². The molecule has 0 aromatic carbocycles. The van der Waals surface area contributed by atoms with Crippen LogP contribution in [-0.4, -0.2) is 39.7 Å². The van der Waals surface area contributed by atoms with Crippen molar-refractivity contribution in [2.24, 2.45) is 0 Å². The van der Waals surface area contributed by atoms with E-state index in [1.54, 1.807) is 17.1 Å². The first-order chi connectivity index (χ1) is 9.45. The Morgan fingerprint density at radius 2 is 2.25 bits per heavy atom. The molecule has 0 spiro atoms. The Hall–Kier alpha value is -1.87. The lowest BCUT2D eigenvalue weighted by Crippen LogP contribution is -2.26.